The first-order valence-corrected chi connectivity index (χ1v) is 10.6. The molecule has 1 N–H and O–H groups in total. The van der Waals surface area contributed by atoms with Gasteiger partial charge in [-0.15, -0.1) is 0 Å². The second-order valence-corrected chi connectivity index (χ2v) is 8.41. The molecule has 2 aromatic carbocycles. The third-order valence-electron chi connectivity index (χ3n) is 5.86. The van der Waals surface area contributed by atoms with E-state index in [-0.39, 0.29) is 30.4 Å². The van der Waals surface area contributed by atoms with E-state index in [1.165, 1.54) is 4.90 Å². The Morgan fingerprint density at radius 3 is 2.61 bits per heavy atom. The lowest BCUT2D eigenvalue weighted by Crippen LogP contribution is -2.63. The lowest BCUT2D eigenvalue weighted by molar-refractivity contribution is -0.124. The quantitative estimate of drug-likeness (QED) is 0.778. The number of rotatable bonds is 6. The van der Waals surface area contributed by atoms with Crippen LogP contribution in [-0.4, -0.2) is 40.9 Å². The molecule has 2 aromatic rings. The minimum absolute atomic E-state index is 0.0220. The topological polar surface area (TPSA) is 79.0 Å². The molecule has 162 valence electrons. The Labute approximate surface area is 182 Å². The fourth-order valence-corrected chi connectivity index (χ4v) is 4.35. The number of carbonyl (C=O) groups is 3. The van der Waals surface area contributed by atoms with Crippen LogP contribution in [0.3, 0.4) is 0 Å². The van der Waals surface area contributed by atoms with Crippen LogP contribution in [0.25, 0.3) is 0 Å². The van der Waals surface area contributed by atoms with Crippen LogP contribution >= 0.6 is 0 Å². The summed E-state index contributed by atoms with van der Waals surface area (Å²) in [7, 11) is 0. The molecule has 7 heteroatoms. The summed E-state index contributed by atoms with van der Waals surface area (Å²) in [6, 6.07) is 14.6. The summed E-state index contributed by atoms with van der Waals surface area (Å²) < 4.78 is 5.81. The molecule has 2 heterocycles. The van der Waals surface area contributed by atoms with Gasteiger partial charge in [-0.1, -0.05) is 30.3 Å². The van der Waals surface area contributed by atoms with E-state index in [4.69, 9.17) is 4.74 Å². The number of fused-ring (bicyclic) bond motifs is 3. The van der Waals surface area contributed by atoms with E-state index in [0.717, 1.165) is 11.3 Å². The van der Waals surface area contributed by atoms with Gasteiger partial charge < -0.3 is 15.0 Å². The molecule has 1 fully saturated rings. The Bertz CT molecular complexity index is 1030. The van der Waals surface area contributed by atoms with Crippen LogP contribution < -0.4 is 15.0 Å². The molecule has 0 aliphatic carbocycles. The van der Waals surface area contributed by atoms with Crippen LogP contribution in [0, 0.1) is 0 Å². The predicted octanol–water partition coefficient (Wildman–Crippen LogP) is 3.09. The number of hydrogen-bond acceptors (Lipinski definition) is 4. The van der Waals surface area contributed by atoms with Crippen molar-refractivity contribution in [3.63, 3.8) is 0 Å². The first kappa shape index (κ1) is 20.9. The molecule has 3 amide bonds. The van der Waals surface area contributed by atoms with Crippen LogP contribution in [0.4, 0.5) is 5.69 Å². The van der Waals surface area contributed by atoms with Crippen molar-refractivity contribution in [1.82, 2.24) is 10.2 Å². The summed E-state index contributed by atoms with van der Waals surface area (Å²) in [5.74, 6) is 0.170. The summed E-state index contributed by atoms with van der Waals surface area (Å²) in [4.78, 5) is 41.9. The first-order valence-electron chi connectivity index (χ1n) is 10.6. The van der Waals surface area contributed by atoms with Gasteiger partial charge in [0.25, 0.3) is 5.91 Å². The van der Waals surface area contributed by atoms with Crippen LogP contribution in [0.1, 0.15) is 49.5 Å². The number of nitrogens with zero attached hydrogens (tertiary/aromatic N) is 2. The molecule has 7 nitrogen and oxygen atoms in total. The summed E-state index contributed by atoms with van der Waals surface area (Å²) in [5.41, 5.74) is 1.08. The van der Waals surface area contributed by atoms with Crippen molar-refractivity contribution in [2.24, 2.45) is 0 Å². The second-order valence-electron chi connectivity index (χ2n) is 8.41. The lowest BCUT2D eigenvalue weighted by Gasteiger charge is -2.48. The predicted molar refractivity (Wildman–Crippen MR) is 117 cm³/mol. The van der Waals surface area contributed by atoms with Crippen molar-refractivity contribution in [3.05, 3.63) is 59.7 Å². The average Bonchev–Trinajstić information content (AvgIpc) is 3.05. The van der Waals surface area contributed by atoms with Gasteiger partial charge in [-0.2, -0.15) is 0 Å². The lowest BCUT2D eigenvalue weighted by atomic mass is 9.98. The van der Waals surface area contributed by atoms with Crippen molar-refractivity contribution in [3.8, 4) is 5.75 Å². The maximum absolute atomic E-state index is 13.2. The molecule has 4 rings (SSSR count). The van der Waals surface area contributed by atoms with Crippen LogP contribution in [0.5, 0.6) is 5.75 Å². The molecule has 2 aliphatic heterocycles. The fourth-order valence-electron chi connectivity index (χ4n) is 4.35. The maximum Gasteiger partial charge on any atom is 0.258 e. The molecule has 2 aliphatic rings. The number of benzene rings is 2. The van der Waals surface area contributed by atoms with Crippen LogP contribution in [0.2, 0.25) is 0 Å². The smallest absolute Gasteiger partial charge is 0.258 e. The number of ether oxygens (including phenoxy) is 1. The molecule has 0 saturated carbocycles. The Morgan fingerprint density at radius 1 is 1.13 bits per heavy atom. The van der Waals surface area contributed by atoms with Gasteiger partial charge in [-0.3, -0.25) is 19.3 Å². The zero-order valence-corrected chi connectivity index (χ0v) is 18.1. The number of nitrogens with one attached hydrogen (secondary N) is 1. The normalized spacial score (nSPS) is 20.0. The highest BCUT2D eigenvalue weighted by molar-refractivity contribution is 6.11. The highest BCUT2D eigenvalue weighted by Gasteiger charge is 2.53. The van der Waals surface area contributed by atoms with Crippen LogP contribution in [0.15, 0.2) is 48.5 Å². The monoisotopic (exact) mass is 421 g/mol. The van der Waals surface area contributed by atoms with Crippen molar-refractivity contribution < 1.29 is 19.1 Å². The van der Waals surface area contributed by atoms with Gasteiger partial charge >= 0.3 is 0 Å². The van der Waals surface area contributed by atoms with Crippen LogP contribution in [-0.2, 0) is 16.1 Å². The van der Waals surface area contributed by atoms with E-state index >= 15 is 0 Å². The zero-order chi connectivity index (χ0) is 22.2. The Hall–Kier alpha value is -3.35. The van der Waals surface area contributed by atoms with Gasteiger partial charge in [-0.05, 0) is 45.4 Å². The second kappa shape index (κ2) is 8.06. The molecule has 0 radical (unpaired) electrons. The first-order chi connectivity index (χ1) is 14.8. The van der Waals surface area contributed by atoms with Crippen molar-refractivity contribution in [2.75, 3.05) is 11.4 Å². The SMILES string of the molecule is CC(C)Oc1ccccc1CNC(=O)CN1C(=O)c2ccccc2N2C(=O)CCC12C. The minimum atomic E-state index is -0.849. The van der Waals surface area contributed by atoms with Crippen molar-refractivity contribution in [2.45, 2.75) is 51.9 Å². The number of amides is 3. The number of para-hydroxylation sites is 2. The van der Waals surface area contributed by atoms with Gasteiger partial charge in [-0.25, -0.2) is 0 Å². The van der Waals surface area contributed by atoms with Crippen molar-refractivity contribution >= 4 is 23.4 Å². The van der Waals surface area contributed by atoms with Gasteiger partial charge in [0.1, 0.15) is 18.0 Å². The summed E-state index contributed by atoms with van der Waals surface area (Å²) in [6.45, 7) is 5.92. The summed E-state index contributed by atoms with van der Waals surface area (Å²) in [6.07, 6.45) is 0.856. The molecular formula is C24H27N3O4. The minimum Gasteiger partial charge on any atom is -0.491 e. The molecule has 0 aromatic heterocycles. The van der Waals surface area contributed by atoms with E-state index in [1.54, 1.807) is 23.1 Å². The van der Waals surface area contributed by atoms with Gasteiger partial charge in [0.2, 0.25) is 11.8 Å². The third-order valence-corrected chi connectivity index (χ3v) is 5.86. The van der Waals surface area contributed by atoms with E-state index in [2.05, 4.69) is 5.32 Å². The zero-order valence-electron chi connectivity index (χ0n) is 18.1. The maximum atomic E-state index is 13.2. The molecule has 31 heavy (non-hydrogen) atoms. The molecular weight excluding hydrogens is 394 g/mol. The standard InChI is InChI=1S/C24H27N3O4/c1-16(2)31-20-11-7-4-8-17(20)14-25-21(28)15-26-23(30)18-9-5-6-10-19(18)27-22(29)12-13-24(26,27)3/h4-11,16H,12-15H2,1-3H3,(H,25,28). The molecule has 0 bridgehead atoms. The molecule has 0 spiro atoms. The fraction of sp³-hybridized carbons (Fsp3) is 0.375. The number of anilines is 1. The molecule has 1 saturated heterocycles. The third kappa shape index (κ3) is 3.76. The number of carbonyl (C=O) groups excluding carboxylic acids is 3. The largest absolute Gasteiger partial charge is 0.491 e. The van der Waals surface area contributed by atoms with Crippen molar-refractivity contribution in [1.29, 1.82) is 0 Å². The highest BCUT2D eigenvalue weighted by Crippen LogP contribution is 2.43. The van der Waals surface area contributed by atoms with Gasteiger partial charge in [0, 0.05) is 18.5 Å². The Morgan fingerprint density at radius 2 is 1.84 bits per heavy atom. The van der Waals surface area contributed by atoms with Gasteiger partial charge in [0.15, 0.2) is 0 Å². The van der Waals surface area contributed by atoms with E-state index in [0.29, 0.717) is 30.6 Å². The van der Waals surface area contributed by atoms with E-state index in [1.807, 2.05) is 51.1 Å². The van der Waals surface area contributed by atoms with E-state index in [9.17, 15) is 14.4 Å². The summed E-state index contributed by atoms with van der Waals surface area (Å²) >= 11 is 0. The van der Waals surface area contributed by atoms with Gasteiger partial charge in [0.05, 0.1) is 17.4 Å². The number of hydrogen-bond donors (Lipinski definition) is 1. The summed E-state index contributed by atoms with van der Waals surface area (Å²) in [5, 5.41) is 2.90. The molecule has 1 unspecified atom stereocenters. The molecule has 1 atom stereocenters. The average molecular weight is 421 g/mol. The highest BCUT2D eigenvalue weighted by atomic mass is 16.5. The Balaban J connectivity index is 1.52. The van der Waals surface area contributed by atoms with E-state index < -0.39 is 5.66 Å². The Kier molecular flexibility index (Phi) is 5.43.